The van der Waals surface area contributed by atoms with E-state index < -0.39 is 0 Å². The molecule has 1 aliphatic carbocycles. The molecule has 1 nitrogen and oxygen atoms in total. The molecule has 1 heteroatoms. The van der Waals surface area contributed by atoms with Crippen LogP contribution in [0, 0.1) is 11.8 Å². The maximum atomic E-state index is 9.94. The summed E-state index contributed by atoms with van der Waals surface area (Å²) in [5.41, 5.74) is 0. The van der Waals surface area contributed by atoms with Gasteiger partial charge in [-0.25, -0.2) is 0 Å². The van der Waals surface area contributed by atoms with Gasteiger partial charge in [-0.2, -0.15) is 0 Å². The van der Waals surface area contributed by atoms with E-state index >= 15 is 0 Å². The first-order valence-corrected chi connectivity index (χ1v) is 6.96. The van der Waals surface area contributed by atoms with Gasteiger partial charge in [0.25, 0.3) is 0 Å². The van der Waals surface area contributed by atoms with Gasteiger partial charge >= 0.3 is 0 Å². The van der Waals surface area contributed by atoms with Gasteiger partial charge < -0.3 is 5.11 Å². The van der Waals surface area contributed by atoms with Gasteiger partial charge in [0.15, 0.2) is 0 Å². The molecule has 0 bridgehead atoms. The maximum absolute atomic E-state index is 9.94. The van der Waals surface area contributed by atoms with Crippen molar-refractivity contribution in [1.82, 2.24) is 0 Å². The molecular weight excluding hydrogens is 184 g/mol. The van der Waals surface area contributed by atoms with Crippen molar-refractivity contribution >= 4 is 0 Å². The molecule has 0 aromatic heterocycles. The topological polar surface area (TPSA) is 20.2 Å². The number of rotatable bonds is 6. The Morgan fingerprint density at radius 2 is 1.93 bits per heavy atom. The Balaban J connectivity index is 2.29. The van der Waals surface area contributed by atoms with Gasteiger partial charge in [-0.1, -0.05) is 52.4 Å². The molecule has 0 amide bonds. The van der Waals surface area contributed by atoms with Crippen LogP contribution in [0.3, 0.4) is 0 Å². The van der Waals surface area contributed by atoms with E-state index in [9.17, 15) is 5.11 Å². The molecule has 0 radical (unpaired) electrons. The first kappa shape index (κ1) is 13.0. The van der Waals surface area contributed by atoms with Crippen molar-refractivity contribution in [2.75, 3.05) is 0 Å². The Bertz CT molecular complexity index is 155. The average Bonchev–Trinajstić information content (AvgIpc) is 2.26. The van der Waals surface area contributed by atoms with Gasteiger partial charge in [0.05, 0.1) is 6.10 Å². The lowest BCUT2D eigenvalue weighted by atomic mass is 9.79. The Morgan fingerprint density at radius 1 is 1.20 bits per heavy atom. The number of aliphatic hydroxyl groups is 1. The third-order valence-corrected chi connectivity index (χ3v) is 4.05. The van der Waals surface area contributed by atoms with E-state index in [4.69, 9.17) is 0 Å². The van der Waals surface area contributed by atoms with Gasteiger partial charge in [0.2, 0.25) is 0 Å². The predicted molar refractivity (Wildman–Crippen MR) is 65.9 cm³/mol. The Morgan fingerprint density at radius 3 is 2.53 bits per heavy atom. The third-order valence-electron chi connectivity index (χ3n) is 4.05. The summed E-state index contributed by atoms with van der Waals surface area (Å²) in [5, 5.41) is 9.94. The SMILES string of the molecule is CCCC[C@H](CC)C[C@@H]1CCCC[C@H]1O. The summed E-state index contributed by atoms with van der Waals surface area (Å²) in [4.78, 5) is 0. The lowest BCUT2D eigenvalue weighted by molar-refractivity contribution is 0.0545. The van der Waals surface area contributed by atoms with Crippen LogP contribution in [0.15, 0.2) is 0 Å². The molecule has 1 N–H and O–H groups in total. The molecule has 0 aliphatic heterocycles. The quantitative estimate of drug-likeness (QED) is 0.701. The van der Waals surface area contributed by atoms with Crippen LogP contribution >= 0.6 is 0 Å². The number of hydrogen-bond donors (Lipinski definition) is 1. The first-order valence-electron chi connectivity index (χ1n) is 6.96. The van der Waals surface area contributed by atoms with E-state index in [1.54, 1.807) is 0 Å². The van der Waals surface area contributed by atoms with Crippen molar-refractivity contribution in [2.45, 2.75) is 77.7 Å². The summed E-state index contributed by atoms with van der Waals surface area (Å²) in [6.07, 6.45) is 11.5. The van der Waals surface area contributed by atoms with Crippen LogP contribution in [-0.2, 0) is 0 Å². The van der Waals surface area contributed by atoms with Crippen LogP contribution in [0.2, 0.25) is 0 Å². The van der Waals surface area contributed by atoms with E-state index in [1.807, 2.05) is 0 Å². The van der Waals surface area contributed by atoms with Crippen LogP contribution in [0.1, 0.15) is 71.6 Å². The van der Waals surface area contributed by atoms with Crippen LogP contribution in [0.5, 0.6) is 0 Å². The van der Waals surface area contributed by atoms with Crippen LogP contribution in [-0.4, -0.2) is 11.2 Å². The zero-order valence-corrected chi connectivity index (χ0v) is 10.5. The molecule has 1 fully saturated rings. The summed E-state index contributed by atoms with van der Waals surface area (Å²) >= 11 is 0. The molecule has 0 aromatic carbocycles. The molecule has 1 aliphatic rings. The highest BCUT2D eigenvalue weighted by molar-refractivity contribution is 4.76. The van der Waals surface area contributed by atoms with E-state index in [0.717, 1.165) is 12.3 Å². The summed E-state index contributed by atoms with van der Waals surface area (Å²) < 4.78 is 0. The lowest BCUT2D eigenvalue weighted by Crippen LogP contribution is -2.26. The van der Waals surface area contributed by atoms with Crippen LogP contribution in [0.25, 0.3) is 0 Å². The average molecular weight is 212 g/mol. The van der Waals surface area contributed by atoms with Crippen LogP contribution in [0.4, 0.5) is 0 Å². The Labute approximate surface area is 95.3 Å². The number of aliphatic hydroxyl groups excluding tert-OH is 1. The molecule has 0 saturated heterocycles. The molecular formula is C14H28O. The number of hydrogen-bond acceptors (Lipinski definition) is 1. The number of unbranched alkanes of at least 4 members (excludes halogenated alkanes) is 1. The molecule has 0 heterocycles. The normalized spacial score (nSPS) is 29.0. The molecule has 0 spiro atoms. The van der Waals surface area contributed by atoms with Crippen LogP contribution < -0.4 is 0 Å². The minimum Gasteiger partial charge on any atom is -0.393 e. The van der Waals surface area contributed by atoms with Gasteiger partial charge in [-0.3, -0.25) is 0 Å². The van der Waals surface area contributed by atoms with Gasteiger partial charge in [0, 0.05) is 0 Å². The van der Waals surface area contributed by atoms with Crippen molar-refractivity contribution in [2.24, 2.45) is 11.8 Å². The van der Waals surface area contributed by atoms with Gasteiger partial charge in [0.1, 0.15) is 0 Å². The fourth-order valence-electron chi connectivity index (χ4n) is 2.87. The molecule has 15 heavy (non-hydrogen) atoms. The summed E-state index contributed by atoms with van der Waals surface area (Å²) in [5.74, 6) is 1.48. The zero-order chi connectivity index (χ0) is 11.1. The van der Waals surface area contributed by atoms with Crippen molar-refractivity contribution < 1.29 is 5.11 Å². The highest BCUT2D eigenvalue weighted by atomic mass is 16.3. The largest absolute Gasteiger partial charge is 0.393 e. The summed E-state index contributed by atoms with van der Waals surface area (Å²) in [6, 6.07) is 0. The minimum atomic E-state index is 0.00873. The van der Waals surface area contributed by atoms with Gasteiger partial charge in [-0.05, 0) is 31.1 Å². The highest BCUT2D eigenvalue weighted by Crippen LogP contribution is 2.32. The molecule has 1 saturated carbocycles. The Kier molecular flexibility index (Phi) is 6.31. The van der Waals surface area contributed by atoms with Crippen molar-refractivity contribution in [3.05, 3.63) is 0 Å². The lowest BCUT2D eigenvalue weighted by Gasteiger charge is -2.30. The van der Waals surface area contributed by atoms with Crippen molar-refractivity contribution in [3.63, 3.8) is 0 Å². The van der Waals surface area contributed by atoms with Gasteiger partial charge in [-0.15, -0.1) is 0 Å². The molecule has 0 unspecified atom stereocenters. The minimum absolute atomic E-state index is 0.00873. The fourth-order valence-corrected chi connectivity index (χ4v) is 2.87. The summed E-state index contributed by atoms with van der Waals surface area (Å²) in [6.45, 7) is 4.57. The molecule has 3 atom stereocenters. The standard InChI is InChI=1S/C14H28O/c1-3-5-8-12(4-2)11-13-9-6-7-10-14(13)15/h12-15H,3-11H2,1-2H3/t12-,13-,14+/m0/s1. The second-order valence-electron chi connectivity index (χ2n) is 5.26. The monoisotopic (exact) mass is 212 g/mol. The second-order valence-corrected chi connectivity index (χ2v) is 5.26. The highest BCUT2D eigenvalue weighted by Gasteiger charge is 2.25. The summed E-state index contributed by atoms with van der Waals surface area (Å²) in [7, 11) is 0. The first-order chi connectivity index (χ1) is 7.27. The van der Waals surface area contributed by atoms with Crippen molar-refractivity contribution in [1.29, 1.82) is 0 Å². The third kappa shape index (κ3) is 4.55. The molecule has 0 aromatic rings. The zero-order valence-electron chi connectivity index (χ0n) is 10.5. The maximum Gasteiger partial charge on any atom is 0.0568 e. The van der Waals surface area contributed by atoms with E-state index in [1.165, 1.54) is 51.4 Å². The smallest absolute Gasteiger partial charge is 0.0568 e. The molecule has 1 rings (SSSR count). The van der Waals surface area contributed by atoms with Crippen molar-refractivity contribution in [3.8, 4) is 0 Å². The van der Waals surface area contributed by atoms with E-state index in [2.05, 4.69) is 13.8 Å². The fraction of sp³-hybridized carbons (Fsp3) is 1.00. The second kappa shape index (κ2) is 7.27. The Hall–Kier alpha value is -0.0400. The molecule has 90 valence electrons. The predicted octanol–water partition coefficient (Wildman–Crippen LogP) is 4.14. The van der Waals surface area contributed by atoms with E-state index in [-0.39, 0.29) is 6.10 Å². The van der Waals surface area contributed by atoms with E-state index in [0.29, 0.717) is 5.92 Å².